The maximum atomic E-state index is 13.1. The molecule has 0 unspecified atom stereocenters. The van der Waals surface area contributed by atoms with E-state index >= 15 is 0 Å². The van der Waals surface area contributed by atoms with Crippen LogP contribution in [0.5, 0.6) is 11.5 Å². The molecule has 2 aromatic rings. The average molecular weight is 293 g/mol. The van der Waals surface area contributed by atoms with Gasteiger partial charge >= 0.3 is 0 Å². The molecule has 106 valence electrons. The van der Waals surface area contributed by atoms with Crippen molar-refractivity contribution in [2.45, 2.75) is 4.90 Å². The first-order valence-corrected chi connectivity index (χ1v) is 7.11. The molecule has 0 radical (unpaired) electrons. The van der Waals surface area contributed by atoms with E-state index in [2.05, 4.69) is 0 Å². The summed E-state index contributed by atoms with van der Waals surface area (Å²) in [5.41, 5.74) is 6.02. The fourth-order valence-electron chi connectivity index (χ4n) is 1.66. The number of benzene rings is 2. The summed E-state index contributed by atoms with van der Waals surface area (Å²) in [5, 5.41) is 0. The van der Waals surface area contributed by atoms with Crippen LogP contribution in [-0.2, 0) is 0 Å². The number of methoxy groups -OCH3 is 1. The van der Waals surface area contributed by atoms with E-state index in [0.717, 1.165) is 22.1 Å². The zero-order valence-electron chi connectivity index (χ0n) is 11.1. The first kappa shape index (κ1) is 14.5. The second-order valence-corrected chi connectivity index (χ2v) is 5.26. The van der Waals surface area contributed by atoms with Crippen LogP contribution in [0.3, 0.4) is 0 Å². The number of nitrogens with two attached hydrogens (primary N) is 1. The molecule has 0 saturated carbocycles. The van der Waals surface area contributed by atoms with Gasteiger partial charge in [0.25, 0.3) is 0 Å². The Labute approximate surface area is 121 Å². The predicted molar refractivity (Wildman–Crippen MR) is 80.0 cm³/mol. The lowest BCUT2D eigenvalue weighted by atomic mass is 10.3. The predicted octanol–water partition coefficient (Wildman–Crippen LogP) is 3.59. The van der Waals surface area contributed by atoms with E-state index in [4.69, 9.17) is 15.2 Å². The summed E-state index contributed by atoms with van der Waals surface area (Å²) >= 11 is 1.51. The first-order valence-electron chi connectivity index (χ1n) is 6.13. The summed E-state index contributed by atoms with van der Waals surface area (Å²) in [7, 11) is 1.62. The molecular formula is C15H16FNO2S. The van der Waals surface area contributed by atoms with E-state index in [1.807, 2.05) is 24.3 Å². The van der Waals surface area contributed by atoms with Gasteiger partial charge in [0, 0.05) is 16.3 Å². The third-order valence-corrected chi connectivity index (χ3v) is 3.51. The van der Waals surface area contributed by atoms with Gasteiger partial charge in [-0.1, -0.05) is 0 Å². The van der Waals surface area contributed by atoms with E-state index in [0.29, 0.717) is 12.3 Å². The number of ether oxygens (including phenoxy) is 2. The quantitative estimate of drug-likeness (QED) is 0.502. The van der Waals surface area contributed by atoms with Crippen molar-refractivity contribution in [3.05, 3.63) is 48.3 Å². The Morgan fingerprint density at radius 1 is 1.10 bits per heavy atom. The van der Waals surface area contributed by atoms with Crippen molar-refractivity contribution in [3.63, 3.8) is 0 Å². The number of nitrogen functional groups attached to an aromatic ring is 1. The Hall–Kier alpha value is -1.88. The minimum atomic E-state index is -0.316. The monoisotopic (exact) mass is 293 g/mol. The Kier molecular flexibility index (Phi) is 5.12. The molecule has 0 saturated heterocycles. The van der Waals surface area contributed by atoms with Crippen molar-refractivity contribution >= 4 is 17.4 Å². The molecule has 0 aromatic heterocycles. The minimum absolute atomic E-state index is 0.316. The van der Waals surface area contributed by atoms with Crippen molar-refractivity contribution in [1.82, 2.24) is 0 Å². The molecule has 3 nitrogen and oxygen atoms in total. The molecule has 2 N–H and O–H groups in total. The number of hydrogen-bond acceptors (Lipinski definition) is 4. The Morgan fingerprint density at radius 3 is 2.45 bits per heavy atom. The topological polar surface area (TPSA) is 44.5 Å². The van der Waals surface area contributed by atoms with Crippen molar-refractivity contribution < 1.29 is 13.9 Å². The van der Waals surface area contributed by atoms with E-state index in [-0.39, 0.29) is 5.82 Å². The molecule has 2 rings (SSSR count). The third kappa shape index (κ3) is 4.35. The largest absolute Gasteiger partial charge is 0.497 e. The molecule has 0 amide bonds. The number of halogens is 1. The highest BCUT2D eigenvalue weighted by Crippen LogP contribution is 2.22. The van der Waals surface area contributed by atoms with Crippen LogP contribution in [0.15, 0.2) is 47.4 Å². The molecule has 5 heteroatoms. The van der Waals surface area contributed by atoms with Crippen LogP contribution in [0.2, 0.25) is 0 Å². The summed E-state index contributed by atoms with van der Waals surface area (Å²) < 4.78 is 23.8. The van der Waals surface area contributed by atoms with Gasteiger partial charge in [0.05, 0.1) is 13.7 Å². The van der Waals surface area contributed by atoms with Gasteiger partial charge in [-0.05, 0) is 42.5 Å². The fraction of sp³-hybridized carbons (Fsp3) is 0.200. The van der Waals surface area contributed by atoms with Gasteiger partial charge in [-0.15, -0.1) is 11.8 Å². The van der Waals surface area contributed by atoms with Gasteiger partial charge in [-0.2, -0.15) is 0 Å². The summed E-state index contributed by atoms with van der Waals surface area (Å²) in [6.07, 6.45) is 0. The van der Waals surface area contributed by atoms with Crippen molar-refractivity contribution in [2.75, 3.05) is 25.2 Å². The summed E-state index contributed by atoms with van der Waals surface area (Å²) in [6.45, 7) is 0.535. The normalized spacial score (nSPS) is 10.3. The molecule has 0 aliphatic heterocycles. The van der Waals surface area contributed by atoms with E-state index in [1.54, 1.807) is 13.2 Å². The Morgan fingerprint density at radius 2 is 1.80 bits per heavy atom. The standard InChI is InChI=1S/C15H16FNO2S/c1-18-13-2-4-14(5-3-13)19-6-7-20-15-9-11(16)8-12(17)10-15/h2-5,8-10H,6-7,17H2,1H3. The lowest BCUT2D eigenvalue weighted by Crippen LogP contribution is -2.00. The smallest absolute Gasteiger partial charge is 0.126 e. The van der Waals surface area contributed by atoms with Gasteiger partial charge in [0.1, 0.15) is 17.3 Å². The maximum Gasteiger partial charge on any atom is 0.126 e. The van der Waals surface area contributed by atoms with Gasteiger partial charge in [0.2, 0.25) is 0 Å². The SMILES string of the molecule is COc1ccc(OCCSc2cc(N)cc(F)c2)cc1. The highest BCUT2D eigenvalue weighted by Gasteiger charge is 2.00. The minimum Gasteiger partial charge on any atom is -0.497 e. The highest BCUT2D eigenvalue weighted by molar-refractivity contribution is 7.99. The maximum absolute atomic E-state index is 13.1. The molecule has 0 spiro atoms. The number of hydrogen-bond donors (Lipinski definition) is 1. The molecule has 2 aromatic carbocycles. The molecule has 20 heavy (non-hydrogen) atoms. The van der Waals surface area contributed by atoms with Crippen LogP contribution in [0.25, 0.3) is 0 Å². The number of anilines is 1. The average Bonchev–Trinajstić information content (AvgIpc) is 2.43. The number of thioether (sulfide) groups is 1. The summed E-state index contributed by atoms with van der Waals surface area (Å²) in [4.78, 5) is 0.806. The summed E-state index contributed by atoms with van der Waals surface area (Å²) in [5.74, 6) is 1.98. The molecule has 0 atom stereocenters. The molecule has 0 aliphatic carbocycles. The van der Waals surface area contributed by atoms with Crippen LogP contribution in [0, 0.1) is 5.82 Å². The molecule has 0 bridgehead atoms. The molecule has 0 heterocycles. The zero-order valence-corrected chi connectivity index (χ0v) is 12.0. The van der Waals surface area contributed by atoms with E-state index in [9.17, 15) is 4.39 Å². The lowest BCUT2D eigenvalue weighted by Gasteiger charge is -2.07. The lowest BCUT2D eigenvalue weighted by molar-refractivity contribution is 0.342. The second kappa shape index (κ2) is 7.05. The second-order valence-electron chi connectivity index (χ2n) is 4.09. The van der Waals surface area contributed by atoms with Crippen LogP contribution in [-0.4, -0.2) is 19.5 Å². The van der Waals surface area contributed by atoms with Crippen LogP contribution in [0.1, 0.15) is 0 Å². The van der Waals surface area contributed by atoms with Crippen molar-refractivity contribution in [2.24, 2.45) is 0 Å². The third-order valence-electron chi connectivity index (χ3n) is 2.57. The van der Waals surface area contributed by atoms with Gasteiger partial charge in [0.15, 0.2) is 0 Å². The van der Waals surface area contributed by atoms with Gasteiger partial charge in [-0.25, -0.2) is 4.39 Å². The molecular weight excluding hydrogens is 277 g/mol. The number of rotatable bonds is 6. The van der Waals surface area contributed by atoms with E-state index in [1.165, 1.54) is 23.9 Å². The van der Waals surface area contributed by atoms with Gasteiger partial charge < -0.3 is 15.2 Å². The van der Waals surface area contributed by atoms with E-state index < -0.39 is 0 Å². The van der Waals surface area contributed by atoms with Crippen LogP contribution in [0.4, 0.5) is 10.1 Å². The molecule has 0 fully saturated rings. The van der Waals surface area contributed by atoms with Crippen molar-refractivity contribution in [3.8, 4) is 11.5 Å². The zero-order chi connectivity index (χ0) is 14.4. The highest BCUT2D eigenvalue weighted by atomic mass is 32.2. The fourth-order valence-corrected chi connectivity index (χ4v) is 2.48. The summed E-state index contributed by atoms with van der Waals surface area (Å²) in [6, 6.07) is 11.9. The van der Waals surface area contributed by atoms with Crippen LogP contribution < -0.4 is 15.2 Å². The van der Waals surface area contributed by atoms with Gasteiger partial charge in [-0.3, -0.25) is 0 Å². The Balaban J connectivity index is 1.78. The van der Waals surface area contributed by atoms with Crippen LogP contribution >= 0.6 is 11.8 Å². The van der Waals surface area contributed by atoms with Crippen molar-refractivity contribution in [1.29, 1.82) is 0 Å². The Bertz CT molecular complexity index is 540. The first-order chi connectivity index (χ1) is 9.67. The molecule has 0 aliphatic rings.